The molecule has 0 aliphatic heterocycles. The lowest BCUT2D eigenvalue weighted by Crippen LogP contribution is -2.29. The summed E-state index contributed by atoms with van der Waals surface area (Å²) in [5.41, 5.74) is 0.0732. The van der Waals surface area contributed by atoms with Gasteiger partial charge >= 0.3 is 12.1 Å². The lowest BCUT2D eigenvalue weighted by atomic mass is 9.85. The van der Waals surface area contributed by atoms with E-state index < -0.39 is 35.2 Å². The van der Waals surface area contributed by atoms with Gasteiger partial charge in [0.25, 0.3) is 0 Å². The number of aryl methyl sites for hydroxylation is 1. The molecule has 23 heavy (non-hydrogen) atoms. The van der Waals surface area contributed by atoms with Crippen LogP contribution in [0.15, 0.2) is 6.20 Å². The first-order valence-corrected chi connectivity index (χ1v) is 6.78. The van der Waals surface area contributed by atoms with E-state index in [-0.39, 0.29) is 18.3 Å². The minimum absolute atomic E-state index is 0.0732. The summed E-state index contributed by atoms with van der Waals surface area (Å²) in [6.07, 6.45) is 1.80. The van der Waals surface area contributed by atoms with Crippen LogP contribution < -0.4 is 0 Å². The summed E-state index contributed by atoms with van der Waals surface area (Å²) in [6, 6.07) is 0. The van der Waals surface area contributed by atoms with E-state index in [4.69, 9.17) is 14.3 Å². The van der Waals surface area contributed by atoms with Crippen molar-refractivity contribution in [2.45, 2.75) is 26.2 Å². The van der Waals surface area contributed by atoms with Crippen molar-refractivity contribution in [2.24, 2.45) is 13.0 Å². The molecule has 1 heterocycles. The van der Waals surface area contributed by atoms with Gasteiger partial charge in [0, 0.05) is 17.5 Å². The molecular formula is C13H18FN3O6. The molecule has 0 bridgehead atoms. The number of carbonyl (C=O) groups excluding carboxylic acids is 3. The second-order valence-electron chi connectivity index (χ2n) is 4.49. The van der Waals surface area contributed by atoms with E-state index in [1.165, 1.54) is 13.2 Å². The molecule has 0 aliphatic rings. The Kier molecular flexibility index (Phi) is 9.02. The Morgan fingerprint density at radius 2 is 2.09 bits per heavy atom. The van der Waals surface area contributed by atoms with Gasteiger partial charge in [0.2, 0.25) is 12.5 Å². The Labute approximate surface area is 131 Å². The van der Waals surface area contributed by atoms with E-state index in [1.54, 1.807) is 13.8 Å². The number of hydrogen-bond acceptors (Lipinski definition) is 7. The summed E-state index contributed by atoms with van der Waals surface area (Å²) in [4.78, 5) is 38.4. The minimum atomic E-state index is -0.886. The molecule has 0 radical (unpaired) electrons. The molecule has 0 aromatic carbocycles. The molecule has 128 valence electrons. The first-order valence-electron chi connectivity index (χ1n) is 6.78. The zero-order chi connectivity index (χ0) is 18.0. The quantitative estimate of drug-likeness (QED) is 0.414. The van der Waals surface area contributed by atoms with Crippen LogP contribution in [0.5, 0.6) is 0 Å². The third kappa shape index (κ3) is 5.95. The van der Waals surface area contributed by atoms with E-state index in [2.05, 4.69) is 5.10 Å². The van der Waals surface area contributed by atoms with Gasteiger partial charge in [0.15, 0.2) is 0 Å². The maximum atomic E-state index is 13.9. The third-order valence-electron chi connectivity index (χ3n) is 3.15. The highest BCUT2D eigenvalue weighted by Crippen LogP contribution is 2.30. The smallest absolute Gasteiger partial charge is 0.373 e. The number of aromatic nitrogens is 2. The van der Waals surface area contributed by atoms with Crippen molar-refractivity contribution in [3.8, 4) is 0 Å². The third-order valence-corrected chi connectivity index (χ3v) is 3.15. The average molecular weight is 331 g/mol. The van der Waals surface area contributed by atoms with Gasteiger partial charge in [-0.1, -0.05) is 6.92 Å². The molecule has 2 atom stereocenters. The van der Waals surface area contributed by atoms with Gasteiger partial charge in [-0.25, -0.2) is 4.68 Å². The molecule has 0 amide bonds. The molecule has 1 aromatic rings. The molecule has 0 N–H and O–H groups in total. The number of carbonyl (C=O) groups is 1. The van der Waals surface area contributed by atoms with E-state index in [0.29, 0.717) is 6.42 Å². The number of rotatable bonds is 7. The lowest BCUT2D eigenvalue weighted by Gasteiger charge is -2.20. The Balaban J connectivity index is 0.00000149. The van der Waals surface area contributed by atoms with Crippen LogP contribution in [0.25, 0.3) is 0 Å². The monoisotopic (exact) mass is 331 g/mol. The van der Waals surface area contributed by atoms with Gasteiger partial charge in [0.1, 0.15) is 0 Å². The van der Waals surface area contributed by atoms with E-state index in [1.807, 2.05) is 0 Å². The van der Waals surface area contributed by atoms with E-state index in [0.717, 1.165) is 4.68 Å². The van der Waals surface area contributed by atoms with Gasteiger partial charge in [-0.15, -0.1) is 0 Å². The Bertz CT molecular complexity index is 568. The largest absolute Gasteiger partial charge is 0.466 e. The minimum Gasteiger partial charge on any atom is -0.466 e. The van der Waals surface area contributed by atoms with Gasteiger partial charge in [-0.2, -0.15) is 19.1 Å². The number of nitrogens with zero attached hydrogens (tertiary/aromatic N) is 3. The maximum Gasteiger partial charge on any atom is 0.373 e. The molecule has 0 saturated carbocycles. The normalized spacial score (nSPS) is 12.3. The van der Waals surface area contributed by atoms with Crippen LogP contribution in [0.1, 0.15) is 31.7 Å². The van der Waals surface area contributed by atoms with Crippen LogP contribution in [0.3, 0.4) is 0 Å². The summed E-state index contributed by atoms with van der Waals surface area (Å²) in [6.45, 7) is 3.00. The number of halogens is 1. The molecule has 0 spiro atoms. The molecule has 1 aromatic heterocycles. The fourth-order valence-electron chi connectivity index (χ4n) is 2.16. The van der Waals surface area contributed by atoms with Gasteiger partial charge < -0.3 is 4.74 Å². The van der Waals surface area contributed by atoms with Gasteiger partial charge in [0.05, 0.1) is 24.6 Å². The first-order chi connectivity index (χ1) is 10.8. The molecule has 0 fully saturated rings. The summed E-state index contributed by atoms with van der Waals surface area (Å²) in [5.74, 6) is -2.87. The molecular weight excluding hydrogens is 313 g/mol. The predicted molar refractivity (Wildman–Crippen MR) is 73.2 cm³/mol. The zero-order valence-electron chi connectivity index (χ0n) is 13.0. The van der Waals surface area contributed by atoms with Crippen molar-refractivity contribution in [2.75, 3.05) is 13.2 Å². The Hall–Kier alpha value is -2.61. The van der Waals surface area contributed by atoms with E-state index >= 15 is 0 Å². The van der Waals surface area contributed by atoms with Crippen molar-refractivity contribution in [1.29, 1.82) is 0 Å². The van der Waals surface area contributed by atoms with Crippen LogP contribution in [0, 0.1) is 22.0 Å². The van der Waals surface area contributed by atoms with Crippen LogP contribution in [0.4, 0.5) is 4.39 Å². The number of nitro groups is 1. The molecule has 0 aliphatic carbocycles. The molecule has 1 rings (SSSR count). The predicted octanol–water partition coefficient (Wildman–Crippen LogP) is 0.925. The van der Waals surface area contributed by atoms with Crippen LogP contribution >= 0.6 is 0 Å². The van der Waals surface area contributed by atoms with Gasteiger partial charge in [-0.3, -0.25) is 14.9 Å². The Morgan fingerprint density at radius 3 is 2.43 bits per heavy atom. The highest BCUT2D eigenvalue weighted by molar-refractivity contribution is 5.73. The molecule has 0 saturated heterocycles. The summed E-state index contributed by atoms with van der Waals surface area (Å²) < 4.78 is 19.8. The topological polar surface area (TPSA) is 121 Å². The molecule has 9 nitrogen and oxygen atoms in total. The second kappa shape index (κ2) is 10.2. The van der Waals surface area contributed by atoms with Crippen LogP contribution in [-0.2, 0) is 26.2 Å². The number of esters is 1. The highest BCUT2D eigenvalue weighted by atomic mass is 19.1. The summed E-state index contributed by atoms with van der Waals surface area (Å²) in [5, 5.41) is 14.5. The summed E-state index contributed by atoms with van der Waals surface area (Å²) >= 11 is 0. The zero-order valence-corrected chi connectivity index (χ0v) is 13.0. The Morgan fingerprint density at radius 1 is 1.52 bits per heavy atom. The first kappa shape index (κ1) is 20.4. The number of hydrogen-bond donors (Lipinski definition) is 0. The fourth-order valence-corrected chi connectivity index (χ4v) is 2.16. The maximum absolute atomic E-state index is 13.9. The van der Waals surface area contributed by atoms with Gasteiger partial charge in [-0.05, 0) is 13.3 Å². The van der Waals surface area contributed by atoms with Crippen molar-refractivity contribution < 1.29 is 28.4 Å². The van der Waals surface area contributed by atoms with Crippen molar-refractivity contribution in [3.05, 3.63) is 27.8 Å². The number of ether oxygens (including phenoxy) is 1. The summed E-state index contributed by atoms with van der Waals surface area (Å²) in [7, 11) is 1.40. The highest BCUT2D eigenvalue weighted by Gasteiger charge is 2.36. The fraction of sp³-hybridized carbons (Fsp3) is 0.615. The molecule has 1 unspecified atom stereocenters. The van der Waals surface area contributed by atoms with Crippen LogP contribution in [-0.4, -0.2) is 40.0 Å². The van der Waals surface area contributed by atoms with Crippen LogP contribution in [0.2, 0.25) is 0 Å². The standard InChI is InChI=1S/C12H18FN3O4.CO2/c1-4-8(12(17)20-5-2)10(7-16(18)19)9-6-14-15(3)11(9)13;2-1-3/h6,8,10H,4-5,7H2,1-3H3;/t8?,10-;/m0./s1. The van der Waals surface area contributed by atoms with E-state index in [9.17, 15) is 19.3 Å². The van der Waals surface area contributed by atoms with Crippen molar-refractivity contribution in [3.63, 3.8) is 0 Å². The lowest BCUT2D eigenvalue weighted by molar-refractivity contribution is -0.484. The SMILES string of the molecule is CCOC(=O)C(CC)[C@H](C[N+](=O)[O-])c1cnn(C)c1F.O=C=O. The molecule has 10 heteroatoms. The van der Waals surface area contributed by atoms with Crippen molar-refractivity contribution >= 4 is 12.1 Å². The van der Waals surface area contributed by atoms with Crippen molar-refractivity contribution in [1.82, 2.24) is 9.78 Å². The second-order valence-corrected chi connectivity index (χ2v) is 4.49. The average Bonchev–Trinajstić information content (AvgIpc) is 2.79.